The topological polar surface area (TPSA) is 47.3 Å². The molecule has 0 aliphatic rings. The first-order valence-corrected chi connectivity index (χ1v) is 6.83. The van der Waals surface area contributed by atoms with Crippen molar-refractivity contribution in [3.8, 4) is 0 Å². The molecule has 5 heteroatoms. The van der Waals surface area contributed by atoms with Gasteiger partial charge in [0.1, 0.15) is 5.82 Å². The fourth-order valence-corrected chi connectivity index (χ4v) is 2.15. The number of benzene rings is 1. The second-order valence-electron chi connectivity index (χ2n) is 4.20. The summed E-state index contributed by atoms with van der Waals surface area (Å²) in [6.45, 7) is 1.76. The number of halogens is 2. The molecule has 102 valence electrons. The molecule has 0 radical (unpaired) electrons. The number of nitrogens with two attached hydrogens (primary N) is 1. The number of rotatable bonds is 8. The molecule has 1 atom stereocenters. The predicted octanol–water partition coefficient (Wildman–Crippen LogP) is 2.43. The summed E-state index contributed by atoms with van der Waals surface area (Å²) in [6.07, 6.45) is 1.86. The van der Waals surface area contributed by atoms with Crippen LogP contribution in [0.2, 0.25) is 0 Å². The Kier molecular flexibility index (Phi) is 7.42. The summed E-state index contributed by atoms with van der Waals surface area (Å²) in [6, 6.07) is 5.15. The fraction of sp³-hybridized carbons (Fsp3) is 0.538. The largest absolute Gasteiger partial charge is 0.383 e. The van der Waals surface area contributed by atoms with Crippen molar-refractivity contribution < 1.29 is 9.13 Å². The maximum absolute atomic E-state index is 13.5. The maximum Gasteiger partial charge on any atom is 0.127 e. The third-order valence-corrected chi connectivity index (χ3v) is 3.21. The molecule has 0 heterocycles. The molecule has 0 saturated heterocycles. The number of hydrogen-bond donors (Lipinski definition) is 2. The van der Waals surface area contributed by atoms with Crippen molar-refractivity contribution in [2.24, 2.45) is 5.73 Å². The highest BCUT2D eigenvalue weighted by atomic mass is 79.9. The molecule has 1 aromatic carbocycles. The lowest BCUT2D eigenvalue weighted by Crippen LogP contribution is -2.33. The Morgan fingerprint density at radius 1 is 1.50 bits per heavy atom. The molecular weight excluding hydrogens is 299 g/mol. The van der Waals surface area contributed by atoms with Gasteiger partial charge in [-0.3, -0.25) is 0 Å². The van der Waals surface area contributed by atoms with Crippen LogP contribution in [0.1, 0.15) is 18.4 Å². The molecular formula is C13H20BrFN2O. The molecule has 3 nitrogen and oxygen atoms in total. The molecule has 3 N–H and O–H groups in total. The Morgan fingerprint density at radius 3 is 2.94 bits per heavy atom. The van der Waals surface area contributed by atoms with E-state index in [4.69, 9.17) is 10.5 Å². The van der Waals surface area contributed by atoms with E-state index in [-0.39, 0.29) is 11.9 Å². The van der Waals surface area contributed by atoms with Crippen LogP contribution in [-0.4, -0.2) is 26.3 Å². The van der Waals surface area contributed by atoms with Gasteiger partial charge in [0.05, 0.1) is 6.61 Å². The average Bonchev–Trinajstić information content (AvgIpc) is 2.36. The summed E-state index contributed by atoms with van der Waals surface area (Å²) in [5.74, 6) is -0.194. The van der Waals surface area contributed by atoms with Crippen molar-refractivity contribution in [3.63, 3.8) is 0 Å². The molecule has 0 aromatic heterocycles. The maximum atomic E-state index is 13.5. The lowest BCUT2D eigenvalue weighted by atomic mass is 10.1. The molecule has 0 spiro atoms. The first-order valence-electron chi connectivity index (χ1n) is 6.03. The first-order chi connectivity index (χ1) is 8.67. The minimum Gasteiger partial charge on any atom is -0.383 e. The molecule has 1 unspecified atom stereocenters. The fourth-order valence-electron chi connectivity index (χ4n) is 1.74. The average molecular weight is 319 g/mol. The number of methoxy groups -OCH3 is 1. The van der Waals surface area contributed by atoms with E-state index in [1.807, 2.05) is 0 Å². The van der Waals surface area contributed by atoms with Crippen LogP contribution < -0.4 is 11.1 Å². The van der Waals surface area contributed by atoms with Gasteiger partial charge >= 0.3 is 0 Å². The highest BCUT2D eigenvalue weighted by Gasteiger charge is 2.09. The highest BCUT2D eigenvalue weighted by molar-refractivity contribution is 9.10. The van der Waals surface area contributed by atoms with Crippen molar-refractivity contribution >= 4 is 15.9 Å². The molecule has 0 aliphatic carbocycles. The van der Waals surface area contributed by atoms with Crippen LogP contribution in [0.5, 0.6) is 0 Å². The Balaban J connectivity index is 2.52. The lowest BCUT2D eigenvalue weighted by Gasteiger charge is -2.18. The normalized spacial score (nSPS) is 12.7. The van der Waals surface area contributed by atoms with Gasteiger partial charge in [-0.25, -0.2) is 4.39 Å². The first kappa shape index (κ1) is 15.6. The van der Waals surface area contributed by atoms with Crippen LogP contribution >= 0.6 is 15.9 Å². The van der Waals surface area contributed by atoms with Gasteiger partial charge < -0.3 is 15.8 Å². The third-order valence-electron chi connectivity index (χ3n) is 2.71. The molecule has 18 heavy (non-hydrogen) atoms. The second kappa shape index (κ2) is 8.58. The highest BCUT2D eigenvalue weighted by Crippen LogP contribution is 2.15. The van der Waals surface area contributed by atoms with Gasteiger partial charge in [-0.2, -0.15) is 0 Å². The minimum atomic E-state index is -0.194. The molecule has 0 saturated carbocycles. The third kappa shape index (κ3) is 5.44. The van der Waals surface area contributed by atoms with Crippen molar-refractivity contribution in [1.29, 1.82) is 0 Å². The monoisotopic (exact) mass is 318 g/mol. The Bertz CT molecular complexity index is 363. The van der Waals surface area contributed by atoms with Gasteiger partial charge in [-0.05, 0) is 37.6 Å². The predicted molar refractivity (Wildman–Crippen MR) is 74.9 cm³/mol. The molecule has 1 rings (SSSR count). The zero-order chi connectivity index (χ0) is 13.4. The van der Waals surface area contributed by atoms with Gasteiger partial charge in [0.25, 0.3) is 0 Å². The van der Waals surface area contributed by atoms with E-state index in [1.165, 1.54) is 6.07 Å². The molecule has 0 aliphatic heterocycles. The molecule has 1 aromatic rings. The second-order valence-corrected chi connectivity index (χ2v) is 5.12. The quantitative estimate of drug-likeness (QED) is 0.774. The molecule has 0 bridgehead atoms. The summed E-state index contributed by atoms with van der Waals surface area (Å²) in [5.41, 5.74) is 6.14. The molecule has 0 fully saturated rings. The van der Waals surface area contributed by atoms with Gasteiger partial charge in [0.15, 0.2) is 0 Å². The van der Waals surface area contributed by atoms with Crippen molar-refractivity contribution in [2.45, 2.75) is 25.4 Å². The summed E-state index contributed by atoms with van der Waals surface area (Å²) in [4.78, 5) is 0. The lowest BCUT2D eigenvalue weighted by molar-refractivity contribution is 0.161. The summed E-state index contributed by atoms with van der Waals surface area (Å²) in [5, 5.41) is 3.30. The summed E-state index contributed by atoms with van der Waals surface area (Å²) >= 11 is 3.34. The van der Waals surface area contributed by atoms with Gasteiger partial charge in [0, 0.05) is 29.7 Å². The van der Waals surface area contributed by atoms with Gasteiger partial charge in [-0.15, -0.1) is 0 Å². The van der Waals surface area contributed by atoms with E-state index in [0.29, 0.717) is 25.3 Å². The number of nitrogens with one attached hydrogen (secondary N) is 1. The van der Waals surface area contributed by atoms with Crippen LogP contribution in [0.3, 0.4) is 0 Å². The minimum absolute atomic E-state index is 0.194. The van der Waals surface area contributed by atoms with Crippen molar-refractivity contribution in [2.75, 3.05) is 20.3 Å². The zero-order valence-corrected chi connectivity index (χ0v) is 12.2. The molecule has 0 amide bonds. The van der Waals surface area contributed by atoms with Gasteiger partial charge in [0.2, 0.25) is 0 Å². The van der Waals surface area contributed by atoms with E-state index < -0.39 is 0 Å². The van der Waals surface area contributed by atoms with Crippen molar-refractivity contribution in [1.82, 2.24) is 5.32 Å². The number of hydrogen-bond acceptors (Lipinski definition) is 3. The van der Waals surface area contributed by atoms with Crippen LogP contribution in [0, 0.1) is 5.82 Å². The van der Waals surface area contributed by atoms with Gasteiger partial charge in [-0.1, -0.05) is 15.9 Å². The van der Waals surface area contributed by atoms with Crippen LogP contribution in [0.4, 0.5) is 4.39 Å². The van der Waals surface area contributed by atoms with Crippen LogP contribution in [-0.2, 0) is 11.3 Å². The standard InChI is InChI=1S/C13H20BrFN2O/c1-18-9-12(3-2-6-16)17-8-10-7-11(14)4-5-13(10)15/h4-5,7,12,17H,2-3,6,8-9,16H2,1H3. The van der Waals surface area contributed by atoms with E-state index in [0.717, 1.165) is 17.3 Å². The SMILES string of the molecule is COCC(CCCN)NCc1cc(Br)ccc1F. The Labute approximate surface area is 116 Å². The number of ether oxygens (including phenoxy) is 1. The smallest absolute Gasteiger partial charge is 0.127 e. The Hall–Kier alpha value is -0.490. The van der Waals surface area contributed by atoms with E-state index in [9.17, 15) is 4.39 Å². The Morgan fingerprint density at radius 2 is 2.28 bits per heavy atom. The van der Waals surface area contributed by atoms with E-state index in [1.54, 1.807) is 19.2 Å². The van der Waals surface area contributed by atoms with Crippen LogP contribution in [0.25, 0.3) is 0 Å². The summed E-state index contributed by atoms with van der Waals surface area (Å²) in [7, 11) is 1.66. The van der Waals surface area contributed by atoms with E-state index in [2.05, 4.69) is 21.2 Å². The summed E-state index contributed by atoms with van der Waals surface area (Å²) < 4.78 is 19.6. The van der Waals surface area contributed by atoms with E-state index >= 15 is 0 Å². The van der Waals surface area contributed by atoms with Crippen LogP contribution in [0.15, 0.2) is 22.7 Å². The van der Waals surface area contributed by atoms with Crippen molar-refractivity contribution in [3.05, 3.63) is 34.1 Å². The zero-order valence-electron chi connectivity index (χ0n) is 10.6.